The third-order valence-corrected chi connectivity index (χ3v) is 7.42. The molecular weight excluding hydrogens is 616 g/mol. The van der Waals surface area contributed by atoms with Crippen molar-refractivity contribution < 1.29 is 45.8 Å². The predicted molar refractivity (Wildman–Crippen MR) is 153 cm³/mol. The van der Waals surface area contributed by atoms with Crippen LogP contribution in [0.15, 0.2) is 59.6 Å². The van der Waals surface area contributed by atoms with Gasteiger partial charge in [0.15, 0.2) is 0 Å². The van der Waals surface area contributed by atoms with Gasteiger partial charge in [-0.25, -0.2) is 9.79 Å². The smallest absolute Gasteiger partial charge is 0.404 e. The van der Waals surface area contributed by atoms with Gasteiger partial charge in [-0.2, -0.15) is 26.3 Å². The Morgan fingerprint density at radius 1 is 0.955 bits per heavy atom. The minimum absolute atomic E-state index is 0.000855. The van der Waals surface area contributed by atoms with E-state index >= 15 is 0 Å². The average molecular weight is 648 g/mol. The van der Waals surface area contributed by atoms with Gasteiger partial charge in [0, 0.05) is 48.7 Å². The number of nitrogens with one attached hydrogen (secondary N) is 4. The van der Waals surface area contributed by atoms with Gasteiger partial charge in [0.05, 0.1) is 11.4 Å². The summed E-state index contributed by atoms with van der Waals surface area (Å²) in [4.78, 5) is 41.7. The van der Waals surface area contributed by atoms with Gasteiger partial charge in [-0.15, -0.1) is 0 Å². The molecule has 0 fully saturated rings. The molecule has 0 aromatic heterocycles. The van der Waals surface area contributed by atoms with Crippen LogP contribution in [0.1, 0.15) is 36.8 Å². The summed E-state index contributed by atoms with van der Waals surface area (Å²) in [5, 5.41) is 15.8. The molecule has 0 saturated heterocycles. The van der Waals surface area contributed by atoms with Crippen LogP contribution in [-0.2, 0) is 9.59 Å². The van der Waals surface area contributed by atoms with E-state index in [0.29, 0.717) is 22.5 Å². The molecule has 0 aliphatic carbocycles. The molecule has 1 heterocycles. The highest BCUT2D eigenvalue weighted by Crippen LogP contribution is 2.33. The lowest BCUT2D eigenvalue weighted by Gasteiger charge is -2.28. The van der Waals surface area contributed by atoms with E-state index in [0.717, 1.165) is 11.9 Å². The van der Waals surface area contributed by atoms with Crippen molar-refractivity contribution in [3.63, 3.8) is 0 Å². The molecule has 16 heteroatoms. The number of aliphatic imine (C=N–C) groups is 1. The van der Waals surface area contributed by atoms with Gasteiger partial charge >= 0.3 is 18.4 Å². The highest BCUT2D eigenvalue weighted by molar-refractivity contribution is 7.97. The van der Waals surface area contributed by atoms with Crippen molar-refractivity contribution in [2.75, 3.05) is 24.2 Å². The van der Waals surface area contributed by atoms with Gasteiger partial charge < -0.3 is 21.1 Å². The van der Waals surface area contributed by atoms with Crippen LogP contribution in [0.25, 0.3) is 0 Å². The van der Waals surface area contributed by atoms with Crippen molar-refractivity contribution in [2.45, 2.75) is 44.2 Å². The Balaban J connectivity index is 1.88. The van der Waals surface area contributed by atoms with Gasteiger partial charge in [0.25, 0.3) is 5.91 Å². The molecule has 3 atom stereocenters. The zero-order chi connectivity index (χ0) is 32.3. The van der Waals surface area contributed by atoms with E-state index in [1.807, 2.05) is 0 Å². The van der Waals surface area contributed by atoms with Crippen molar-refractivity contribution >= 4 is 41.3 Å². The summed E-state index contributed by atoms with van der Waals surface area (Å²) < 4.78 is 82.1. The number of benzene rings is 2. The van der Waals surface area contributed by atoms with E-state index in [2.05, 4.69) is 25.7 Å². The first-order valence-corrected chi connectivity index (χ1v) is 14.5. The van der Waals surface area contributed by atoms with Crippen LogP contribution in [-0.4, -0.2) is 66.1 Å². The number of carboxylic acid groups (broad SMARTS) is 1. The van der Waals surface area contributed by atoms with Crippen LogP contribution in [0.4, 0.5) is 36.8 Å². The predicted octanol–water partition coefficient (Wildman–Crippen LogP) is 5.34. The fourth-order valence-corrected chi connectivity index (χ4v) is 5.24. The Kier molecular flexibility index (Phi) is 12.5. The Morgan fingerprint density at radius 2 is 1.59 bits per heavy atom. The number of para-hydroxylation sites is 1. The summed E-state index contributed by atoms with van der Waals surface area (Å²) in [5.41, 5.74) is 1.82. The fraction of sp³-hybridized carbons (Fsp3) is 0.429. The number of rotatable bonds is 14. The number of halogens is 6. The molecule has 0 saturated carbocycles. The molecule has 9 nitrogen and oxygen atoms in total. The summed E-state index contributed by atoms with van der Waals surface area (Å²) in [7, 11) is 0. The molecule has 1 aliphatic rings. The largest absolute Gasteiger partial charge is 0.465 e. The number of carbonyl (C=O) groups excluding carboxylic acids is 2. The second-order valence-electron chi connectivity index (χ2n) is 9.89. The lowest BCUT2D eigenvalue weighted by Crippen LogP contribution is -2.47. The van der Waals surface area contributed by atoms with Crippen molar-refractivity contribution in [1.82, 2.24) is 15.4 Å². The molecule has 0 bridgehead atoms. The van der Waals surface area contributed by atoms with Crippen LogP contribution in [0.2, 0.25) is 0 Å². The van der Waals surface area contributed by atoms with Crippen molar-refractivity contribution in [3.8, 4) is 0 Å². The summed E-state index contributed by atoms with van der Waals surface area (Å²) in [5.74, 6) is -4.46. The number of fused-ring (bicyclic) bond motifs is 1. The number of hydrogen-bond acceptors (Lipinski definition) is 6. The maximum atomic E-state index is 13.6. The number of nitrogens with zero attached hydrogens (tertiary/aromatic N) is 1. The zero-order valence-corrected chi connectivity index (χ0v) is 24.0. The van der Waals surface area contributed by atoms with E-state index in [4.69, 9.17) is 5.11 Å². The fourth-order valence-electron chi connectivity index (χ4n) is 4.56. The molecule has 0 spiro atoms. The Hall–Kier alpha value is -3.79. The minimum atomic E-state index is -4.70. The molecule has 5 N–H and O–H groups in total. The van der Waals surface area contributed by atoms with E-state index in [1.165, 1.54) is 0 Å². The highest BCUT2D eigenvalue weighted by Gasteiger charge is 2.38. The average Bonchev–Trinajstić information content (AvgIpc) is 3.08. The topological polar surface area (TPSA) is 132 Å². The Labute approximate surface area is 253 Å². The van der Waals surface area contributed by atoms with Gasteiger partial charge in [-0.05, 0) is 24.8 Å². The number of amides is 3. The van der Waals surface area contributed by atoms with E-state index in [1.54, 1.807) is 54.6 Å². The standard InChI is InChI=1S/C28H31F6N5O4S/c29-27(30,31)12-10-18(16-36-44-15-14-35-26(42)43)19(11-13-28(32,33)34)24(40)39-23-25(41)37-21-9-5-4-8-20(21)22(38-23)17-6-2-1-3-7-17/h1-9,18-19,23,35-36H,10-16H2,(H,37,41)(H,39,40)(H,42,43)/t18-,19-,23-/m1/s1. The van der Waals surface area contributed by atoms with Crippen LogP contribution in [0.5, 0.6) is 0 Å². The monoisotopic (exact) mass is 647 g/mol. The molecule has 0 radical (unpaired) electrons. The SMILES string of the molecule is O=C(O)NCCSNC[C@@H](CCC(F)(F)F)[C@@H](CCC(F)(F)F)C(=O)N[C@H]1N=C(c2ccccc2)c2ccccc2NC1=O. The Bertz CT molecular complexity index is 1310. The normalized spacial score (nSPS) is 16.5. The van der Waals surface area contributed by atoms with Crippen molar-refractivity contribution in [2.24, 2.45) is 16.8 Å². The molecule has 44 heavy (non-hydrogen) atoms. The number of hydrogen-bond donors (Lipinski definition) is 5. The minimum Gasteiger partial charge on any atom is -0.465 e. The highest BCUT2D eigenvalue weighted by atomic mass is 32.2. The molecule has 3 amide bonds. The summed E-state index contributed by atoms with van der Waals surface area (Å²) in [6.07, 6.45) is -16.5. The van der Waals surface area contributed by atoms with Crippen LogP contribution in [0, 0.1) is 11.8 Å². The van der Waals surface area contributed by atoms with E-state index in [-0.39, 0.29) is 18.8 Å². The number of benzodiazepines with no additional fused rings is 1. The first kappa shape index (κ1) is 34.7. The quantitative estimate of drug-likeness (QED) is 0.107. The molecule has 2 aromatic carbocycles. The number of anilines is 1. The van der Waals surface area contributed by atoms with Crippen LogP contribution >= 0.6 is 11.9 Å². The van der Waals surface area contributed by atoms with Crippen molar-refractivity contribution in [1.29, 1.82) is 0 Å². The second kappa shape index (κ2) is 15.8. The first-order valence-electron chi connectivity index (χ1n) is 13.5. The molecule has 3 rings (SSSR count). The first-order chi connectivity index (χ1) is 20.7. The lowest BCUT2D eigenvalue weighted by molar-refractivity contribution is -0.148. The van der Waals surface area contributed by atoms with Crippen LogP contribution < -0.4 is 20.7 Å². The maximum absolute atomic E-state index is 13.6. The lowest BCUT2D eigenvalue weighted by atomic mass is 9.84. The van der Waals surface area contributed by atoms with E-state index in [9.17, 15) is 40.7 Å². The number of alkyl halides is 6. The molecule has 1 aliphatic heterocycles. The molecule has 0 unspecified atom stereocenters. The zero-order valence-electron chi connectivity index (χ0n) is 23.2. The Morgan fingerprint density at radius 3 is 2.25 bits per heavy atom. The third kappa shape index (κ3) is 11.4. The molecule has 240 valence electrons. The van der Waals surface area contributed by atoms with Crippen LogP contribution in [0.3, 0.4) is 0 Å². The molecular formula is C28H31F6N5O4S. The maximum Gasteiger partial charge on any atom is 0.404 e. The summed E-state index contributed by atoms with van der Waals surface area (Å²) in [6, 6.07) is 15.4. The van der Waals surface area contributed by atoms with Gasteiger partial charge in [0.1, 0.15) is 0 Å². The van der Waals surface area contributed by atoms with Crippen molar-refractivity contribution in [3.05, 3.63) is 65.7 Å². The number of carbonyl (C=O) groups is 3. The summed E-state index contributed by atoms with van der Waals surface area (Å²) >= 11 is 0.942. The van der Waals surface area contributed by atoms with Gasteiger partial charge in [-0.1, -0.05) is 60.5 Å². The van der Waals surface area contributed by atoms with E-state index < -0.39 is 73.9 Å². The second-order valence-corrected chi connectivity index (χ2v) is 10.9. The molecule has 2 aromatic rings. The van der Waals surface area contributed by atoms with Gasteiger partial charge in [0.2, 0.25) is 12.1 Å². The van der Waals surface area contributed by atoms with Gasteiger partial charge in [-0.3, -0.25) is 14.3 Å². The summed E-state index contributed by atoms with van der Waals surface area (Å²) in [6.45, 7) is -0.288. The third-order valence-electron chi connectivity index (χ3n) is 6.64.